The summed E-state index contributed by atoms with van der Waals surface area (Å²) in [6.07, 6.45) is 3.25. The summed E-state index contributed by atoms with van der Waals surface area (Å²) < 4.78 is 12.0. The number of benzene rings is 2. The van der Waals surface area contributed by atoms with Crippen LogP contribution in [0.3, 0.4) is 0 Å². The van der Waals surface area contributed by atoms with Crippen molar-refractivity contribution in [2.24, 2.45) is 0 Å². The number of rotatable bonds is 6. The molecule has 0 atom stereocenters. The molecule has 0 radical (unpaired) electrons. The van der Waals surface area contributed by atoms with Crippen LogP contribution in [0.5, 0.6) is 11.5 Å². The monoisotopic (exact) mass is 339 g/mol. The Morgan fingerprint density at radius 1 is 1.21 bits per heavy atom. The van der Waals surface area contributed by atoms with Crippen LogP contribution in [0.2, 0.25) is 0 Å². The fraction of sp³-hybridized carbons (Fsp3) is 0.158. The van der Waals surface area contributed by atoms with Gasteiger partial charge in [0, 0.05) is 5.56 Å². The summed E-state index contributed by atoms with van der Waals surface area (Å²) >= 11 is 1.39. The van der Waals surface area contributed by atoms with Gasteiger partial charge < -0.3 is 9.47 Å². The van der Waals surface area contributed by atoms with Crippen LogP contribution in [0.1, 0.15) is 22.3 Å². The predicted octanol–water partition coefficient (Wildman–Crippen LogP) is 4.60. The lowest BCUT2D eigenvalue weighted by Gasteiger charge is -2.11. The lowest BCUT2D eigenvalue weighted by molar-refractivity contribution is 0.104. The fourth-order valence-corrected chi connectivity index (χ4v) is 3.25. The number of methoxy groups -OCH3 is 1. The van der Waals surface area contributed by atoms with Gasteiger partial charge in [-0.3, -0.25) is 4.79 Å². The lowest BCUT2D eigenvalue weighted by Crippen LogP contribution is -1.97. The molecule has 0 amide bonds. The zero-order valence-corrected chi connectivity index (χ0v) is 14.3. The molecule has 0 unspecified atom stereocenters. The summed E-state index contributed by atoms with van der Waals surface area (Å²) in [5, 5.41) is 0.479. The Morgan fingerprint density at radius 3 is 2.79 bits per heavy atom. The number of ketones is 1. The molecule has 5 heteroatoms. The van der Waals surface area contributed by atoms with Gasteiger partial charge in [0.2, 0.25) is 5.78 Å². The Balaban J connectivity index is 1.87. The second-order valence-corrected chi connectivity index (χ2v) is 6.03. The lowest BCUT2D eigenvalue weighted by atomic mass is 10.1. The number of carbonyl (C=O) groups excluding carboxylic acids is 1. The molecular formula is C19H17NO3S. The maximum absolute atomic E-state index is 12.4. The molecule has 2 aromatic carbocycles. The van der Waals surface area contributed by atoms with E-state index in [0.717, 1.165) is 15.8 Å². The number of carbonyl (C=O) groups is 1. The first-order valence-electron chi connectivity index (χ1n) is 7.60. The molecule has 4 nitrogen and oxygen atoms in total. The van der Waals surface area contributed by atoms with Crippen LogP contribution in [-0.2, 0) is 0 Å². The molecule has 0 spiro atoms. The molecule has 122 valence electrons. The van der Waals surface area contributed by atoms with Crippen molar-refractivity contribution in [3.05, 3.63) is 59.1 Å². The SMILES string of the molecule is CCOc1cccc(/C=C/C(=O)c2nc3ccccc3s2)c1OC. The molecule has 3 rings (SSSR count). The zero-order chi connectivity index (χ0) is 16.9. The molecule has 24 heavy (non-hydrogen) atoms. The van der Waals surface area contributed by atoms with Gasteiger partial charge in [-0.1, -0.05) is 24.3 Å². The minimum absolute atomic E-state index is 0.125. The molecule has 0 saturated heterocycles. The molecule has 0 aliphatic rings. The van der Waals surface area contributed by atoms with Crippen molar-refractivity contribution < 1.29 is 14.3 Å². The molecule has 1 aromatic heterocycles. The molecule has 3 aromatic rings. The number of hydrogen-bond donors (Lipinski definition) is 0. The van der Waals surface area contributed by atoms with Crippen molar-refractivity contribution in [1.29, 1.82) is 0 Å². The minimum atomic E-state index is -0.125. The summed E-state index contributed by atoms with van der Waals surface area (Å²) in [7, 11) is 1.59. The largest absolute Gasteiger partial charge is 0.492 e. The number of nitrogens with zero attached hydrogens (tertiary/aromatic N) is 1. The van der Waals surface area contributed by atoms with E-state index in [4.69, 9.17) is 9.47 Å². The van der Waals surface area contributed by atoms with E-state index in [1.165, 1.54) is 17.4 Å². The Bertz CT molecular complexity index is 866. The van der Waals surface area contributed by atoms with Gasteiger partial charge in [-0.25, -0.2) is 4.98 Å². The molecule has 1 heterocycles. The van der Waals surface area contributed by atoms with E-state index in [1.54, 1.807) is 13.2 Å². The van der Waals surface area contributed by atoms with Crippen LogP contribution in [0.25, 0.3) is 16.3 Å². The maximum atomic E-state index is 12.4. The van der Waals surface area contributed by atoms with Crippen molar-refractivity contribution in [1.82, 2.24) is 4.98 Å². The molecule has 0 fully saturated rings. The summed E-state index contributed by atoms with van der Waals surface area (Å²) in [5.74, 6) is 1.15. The summed E-state index contributed by atoms with van der Waals surface area (Å²) in [6, 6.07) is 13.3. The number of para-hydroxylation sites is 2. The van der Waals surface area contributed by atoms with Gasteiger partial charge in [0.25, 0.3) is 0 Å². The average molecular weight is 339 g/mol. The standard InChI is InChI=1S/C19H17NO3S/c1-3-23-16-9-6-7-13(18(16)22-2)11-12-15(21)19-20-14-8-4-5-10-17(14)24-19/h4-12H,3H2,1-2H3/b12-11+. The van der Waals surface area contributed by atoms with Crippen LogP contribution in [0.4, 0.5) is 0 Å². The third kappa shape index (κ3) is 3.31. The van der Waals surface area contributed by atoms with E-state index in [9.17, 15) is 4.79 Å². The Hall–Kier alpha value is -2.66. The van der Waals surface area contributed by atoms with Gasteiger partial charge in [-0.05, 0) is 37.3 Å². The van der Waals surface area contributed by atoms with E-state index < -0.39 is 0 Å². The molecule has 0 saturated carbocycles. The van der Waals surface area contributed by atoms with Crippen molar-refractivity contribution in [2.75, 3.05) is 13.7 Å². The maximum Gasteiger partial charge on any atom is 0.214 e. The zero-order valence-electron chi connectivity index (χ0n) is 13.5. The Morgan fingerprint density at radius 2 is 2.04 bits per heavy atom. The van der Waals surface area contributed by atoms with E-state index in [0.29, 0.717) is 23.1 Å². The van der Waals surface area contributed by atoms with Crippen molar-refractivity contribution in [3.8, 4) is 11.5 Å². The Kier molecular flexibility index (Phi) is 4.91. The highest BCUT2D eigenvalue weighted by molar-refractivity contribution is 7.20. The molecule has 0 aliphatic heterocycles. The van der Waals surface area contributed by atoms with Crippen molar-refractivity contribution >= 4 is 33.4 Å². The first-order chi connectivity index (χ1) is 11.7. The van der Waals surface area contributed by atoms with E-state index in [1.807, 2.05) is 49.4 Å². The first kappa shape index (κ1) is 16.2. The normalized spacial score (nSPS) is 11.1. The molecular weight excluding hydrogens is 322 g/mol. The third-order valence-electron chi connectivity index (χ3n) is 3.43. The van der Waals surface area contributed by atoms with Gasteiger partial charge in [0.15, 0.2) is 16.5 Å². The van der Waals surface area contributed by atoms with Crippen molar-refractivity contribution in [2.45, 2.75) is 6.92 Å². The number of aromatic nitrogens is 1. The van der Waals surface area contributed by atoms with E-state index in [2.05, 4.69) is 4.98 Å². The molecule has 0 bridgehead atoms. The topological polar surface area (TPSA) is 48.4 Å². The Labute approximate surface area is 144 Å². The molecule has 0 N–H and O–H groups in total. The highest BCUT2D eigenvalue weighted by Gasteiger charge is 2.11. The van der Waals surface area contributed by atoms with Gasteiger partial charge in [0.05, 0.1) is 23.9 Å². The van der Waals surface area contributed by atoms with Crippen LogP contribution < -0.4 is 9.47 Å². The predicted molar refractivity (Wildman–Crippen MR) is 97.1 cm³/mol. The number of allylic oxidation sites excluding steroid dienone is 1. The second-order valence-electron chi connectivity index (χ2n) is 5.00. The smallest absolute Gasteiger partial charge is 0.214 e. The van der Waals surface area contributed by atoms with Crippen LogP contribution in [-0.4, -0.2) is 24.5 Å². The number of thiazole rings is 1. The summed E-state index contributed by atoms with van der Waals surface area (Å²) in [4.78, 5) is 16.8. The first-order valence-corrected chi connectivity index (χ1v) is 8.42. The van der Waals surface area contributed by atoms with Crippen LogP contribution in [0.15, 0.2) is 48.5 Å². The van der Waals surface area contributed by atoms with Crippen LogP contribution >= 0.6 is 11.3 Å². The molecule has 0 aliphatic carbocycles. The van der Waals surface area contributed by atoms with Gasteiger partial charge in [-0.2, -0.15) is 0 Å². The average Bonchev–Trinajstić information content (AvgIpc) is 3.04. The van der Waals surface area contributed by atoms with Gasteiger partial charge >= 0.3 is 0 Å². The third-order valence-corrected chi connectivity index (χ3v) is 4.48. The summed E-state index contributed by atoms with van der Waals surface area (Å²) in [6.45, 7) is 2.47. The highest BCUT2D eigenvalue weighted by Crippen LogP contribution is 2.32. The second kappa shape index (κ2) is 7.27. The number of hydrogen-bond acceptors (Lipinski definition) is 5. The number of ether oxygens (including phenoxy) is 2. The van der Waals surface area contributed by atoms with Gasteiger partial charge in [-0.15, -0.1) is 11.3 Å². The number of fused-ring (bicyclic) bond motifs is 1. The van der Waals surface area contributed by atoms with Crippen molar-refractivity contribution in [3.63, 3.8) is 0 Å². The highest BCUT2D eigenvalue weighted by atomic mass is 32.1. The minimum Gasteiger partial charge on any atom is -0.492 e. The van der Waals surface area contributed by atoms with Gasteiger partial charge in [0.1, 0.15) is 0 Å². The van der Waals surface area contributed by atoms with Crippen LogP contribution in [0, 0.1) is 0 Å². The summed E-state index contributed by atoms with van der Waals surface area (Å²) in [5.41, 5.74) is 1.63. The fourth-order valence-electron chi connectivity index (χ4n) is 2.37. The van der Waals surface area contributed by atoms with E-state index >= 15 is 0 Å². The van der Waals surface area contributed by atoms with E-state index in [-0.39, 0.29) is 5.78 Å². The quantitative estimate of drug-likeness (QED) is 0.486.